The molecule has 5 nitrogen and oxygen atoms in total. The van der Waals surface area contributed by atoms with E-state index in [1.54, 1.807) is 4.90 Å². The second-order valence-electron chi connectivity index (χ2n) is 6.34. The quantitative estimate of drug-likeness (QED) is 0.849. The highest BCUT2D eigenvalue weighted by Gasteiger charge is 2.31. The Morgan fingerprint density at radius 3 is 2.53 bits per heavy atom. The molecule has 2 atom stereocenters. The van der Waals surface area contributed by atoms with Gasteiger partial charge in [0.05, 0.1) is 6.10 Å². The molecule has 1 saturated heterocycles. The van der Waals surface area contributed by atoms with E-state index < -0.39 is 5.60 Å². The van der Waals surface area contributed by atoms with Gasteiger partial charge in [-0.15, -0.1) is 0 Å². The molecule has 19 heavy (non-hydrogen) atoms. The maximum Gasteiger partial charge on any atom is 0.410 e. The normalized spacial score (nSPS) is 23.3. The molecule has 0 spiro atoms. The highest BCUT2D eigenvalue weighted by Crippen LogP contribution is 2.16. The molecule has 0 bridgehead atoms. The topological polar surface area (TPSA) is 53.0 Å². The zero-order valence-corrected chi connectivity index (χ0v) is 12.8. The van der Waals surface area contributed by atoms with E-state index >= 15 is 0 Å². The van der Waals surface area contributed by atoms with Gasteiger partial charge in [0.15, 0.2) is 0 Å². The number of nitrogens with zero attached hydrogens (tertiary/aromatic N) is 2. The molecular formula is C14H28N2O3. The summed E-state index contributed by atoms with van der Waals surface area (Å²) in [6.07, 6.45) is 0.247. The lowest BCUT2D eigenvalue weighted by Crippen LogP contribution is -2.56. The molecule has 1 amide bonds. The van der Waals surface area contributed by atoms with Crippen molar-refractivity contribution in [3.05, 3.63) is 0 Å². The minimum absolute atomic E-state index is 0.118. The van der Waals surface area contributed by atoms with Crippen LogP contribution in [0.5, 0.6) is 0 Å². The molecule has 0 aromatic heterocycles. The summed E-state index contributed by atoms with van der Waals surface area (Å²) in [7, 11) is 0. The van der Waals surface area contributed by atoms with Gasteiger partial charge in [0, 0.05) is 32.2 Å². The third-order valence-electron chi connectivity index (χ3n) is 3.28. The first-order chi connectivity index (χ1) is 8.73. The number of aliphatic hydroxyl groups excluding tert-OH is 1. The maximum atomic E-state index is 12.0. The average Bonchev–Trinajstić information content (AvgIpc) is 2.26. The van der Waals surface area contributed by atoms with E-state index in [0.29, 0.717) is 13.1 Å². The van der Waals surface area contributed by atoms with Crippen LogP contribution in [-0.2, 0) is 4.74 Å². The molecule has 0 aromatic carbocycles. The number of rotatable bonds is 3. The first kappa shape index (κ1) is 16.2. The molecule has 0 aliphatic carbocycles. The molecule has 0 aromatic rings. The van der Waals surface area contributed by atoms with Crippen LogP contribution in [0.15, 0.2) is 0 Å². The average molecular weight is 272 g/mol. The summed E-state index contributed by atoms with van der Waals surface area (Å²) in [6, 6.07) is 0.118. The van der Waals surface area contributed by atoms with Gasteiger partial charge in [-0.25, -0.2) is 4.79 Å². The molecule has 1 aliphatic rings. The molecule has 2 unspecified atom stereocenters. The van der Waals surface area contributed by atoms with Crippen LogP contribution >= 0.6 is 0 Å². The van der Waals surface area contributed by atoms with E-state index in [0.717, 1.165) is 19.5 Å². The van der Waals surface area contributed by atoms with E-state index in [2.05, 4.69) is 4.90 Å². The van der Waals surface area contributed by atoms with Crippen LogP contribution in [0.3, 0.4) is 0 Å². The summed E-state index contributed by atoms with van der Waals surface area (Å²) >= 11 is 0. The van der Waals surface area contributed by atoms with Crippen LogP contribution in [0.4, 0.5) is 4.79 Å². The van der Waals surface area contributed by atoms with Crippen LogP contribution in [0.2, 0.25) is 0 Å². The number of carbonyl (C=O) groups excluding carboxylic acids is 1. The Morgan fingerprint density at radius 1 is 1.42 bits per heavy atom. The monoisotopic (exact) mass is 272 g/mol. The van der Waals surface area contributed by atoms with E-state index in [9.17, 15) is 9.90 Å². The number of hydrogen-bond donors (Lipinski definition) is 1. The van der Waals surface area contributed by atoms with Gasteiger partial charge in [-0.3, -0.25) is 4.90 Å². The van der Waals surface area contributed by atoms with Gasteiger partial charge in [-0.1, -0.05) is 6.92 Å². The van der Waals surface area contributed by atoms with Crippen LogP contribution < -0.4 is 0 Å². The van der Waals surface area contributed by atoms with Crippen molar-refractivity contribution in [2.24, 2.45) is 0 Å². The summed E-state index contributed by atoms with van der Waals surface area (Å²) in [5.74, 6) is 0. The van der Waals surface area contributed by atoms with Gasteiger partial charge in [0.1, 0.15) is 5.60 Å². The third-order valence-corrected chi connectivity index (χ3v) is 3.28. The fraction of sp³-hybridized carbons (Fsp3) is 0.929. The van der Waals surface area contributed by atoms with Gasteiger partial charge in [-0.2, -0.15) is 0 Å². The zero-order valence-electron chi connectivity index (χ0n) is 12.8. The smallest absolute Gasteiger partial charge is 0.410 e. The summed E-state index contributed by atoms with van der Waals surface area (Å²) in [6.45, 7) is 12.6. The second kappa shape index (κ2) is 6.57. The molecule has 112 valence electrons. The van der Waals surface area contributed by atoms with E-state index in [1.807, 2.05) is 34.6 Å². The molecule has 1 heterocycles. The number of amides is 1. The summed E-state index contributed by atoms with van der Waals surface area (Å²) in [5.41, 5.74) is -0.452. The minimum atomic E-state index is -0.452. The number of aliphatic hydroxyl groups is 1. The Kier molecular flexibility index (Phi) is 5.62. The van der Waals surface area contributed by atoms with Crippen molar-refractivity contribution in [3.8, 4) is 0 Å². The number of piperazine rings is 1. The van der Waals surface area contributed by atoms with Crippen LogP contribution in [0.1, 0.15) is 41.0 Å². The predicted octanol–water partition coefficient (Wildman–Crippen LogP) is 1.70. The largest absolute Gasteiger partial charge is 0.444 e. The molecule has 1 fully saturated rings. The lowest BCUT2D eigenvalue weighted by atomic mass is 10.1. The van der Waals surface area contributed by atoms with E-state index in [-0.39, 0.29) is 18.2 Å². The number of β-amino-alcohol motifs (C(OH)–C–C–N with tert-alkyl or cyclic N) is 1. The highest BCUT2D eigenvalue weighted by molar-refractivity contribution is 5.68. The molecule has 0 radical (unpaired) electrons. The minimum Gasteiger partial charge on any atom is -0.444 e. The Morgan fingerprint density at radius 2 is 2.05 bits per heavy atom. The predicted molar refractivity (Wildman–Crippen MR) is 75.1 cm³/mol. The number of ether oxygens (including phenoxy) is 1. The summed E-state index contributed by atoms with van der Waals surface area (Å²) in [5, 5.41) is 9.68. The lowest BCUT2D eigenvalue weighted by molar-refractivity contribution is -0.00420. The van der Waals surface area contributed by atoms with Crippen LogP contribution in [0, 0.1) is 0 Å². The molecular weight excluding hydrogens is 244 g/mol. The molecule has 0 saturated carbocycles. The van der Waals surface area contributed by atoms with Crippen molar-refractivity contribution in [3.63, 3.8) is 0 Å². The van der Waals surface area contributed by atoms with Crippen molar-refractivity contribution >= 4 is 6.09 Å². The summed E-state index contributed by atoms with van der Waals surface area (Å²) in [4.78, 5) is 16.0. The molecule has 1 rings (SSSR count). The SMILES string of the molecule is CCC(O)CN1CCN(C(=O)OC(C)(C)C)C(C)C1. The van der Waals surface area contributed by atoms with E-state index in [4.69, 9.17) is 4.74 Å². The highest BCUT2D eigenvalue weighted by atomic mass is 16.6. The first-order valence-corrected chi connectivity index (χ1v) is 7.13. The number of hydrogen-bond acceptors (Lipinski definition) is 4. The zero-order chi connectivity index (χ0) is 14.6. The molecule has 1 N–H and O–H groups in total. The van der Waals surface area contributed by atoms with Gasteiger partial charge >= 0.3 is 6.09 Å². The van der Waals surface area contributed by atoms with Crippen molar-refractivity contribution in [2.75, 3.05) is 26.2 Å². The Hall–Kier alpha value is -0.810. The van der Waals surface area contributed by atoms with Crippen molar-refractivity contribution in [2.45, 2.75) is 58.8 Å². The van der Waals surface area contributed by atoms with Gasteiger partial charge < -0.3 is 14.7 Å². The molecule has 1 aliphatic heterocycles. The van der Waals surface area contributed by atoms with Gasteiger partial charge in [0.2, 0.25) is 0 Å². The standard InChI is InChI=1S/C14H28N2O3/c1-6-12(17)10-15-7-8-16(11(2)9-15)13(18)19-14(3,4)5/h11-12,17H,6-10H2,1-5H3. The van der Waals surface area contributed by atoms with Gasteiger partial charge in [-0.05, 0) is 34.1 Å². The second-order valence-corrected chi connectivity index (χ2v) is 6.34. The Labute approximate surface area is 116 Å². The fourth-order valence-electron chi connectivity index (χ4n) is 2.22. The first-order valence-electron chi connectivity index (χ1n) is 7.13. The van der Waals surface area contributed by atoms with E-state index in [1.165, 1.54) is 0 Å². The molecule has 5 heteroatoms. The summed E-state index contributed by atoms with van der Waals surface area (Å²) < 4.78 is 5.40. The fourth-order valence-corrected chi connectivity index (χ4v) is 2.22. The Balaban J connectivity index is 2.48. The van der Waals surface area contributed by atoms with Gasteiger partial charge in [0.25, 0.3) is 0 Å². The van der Waals surface area contributed by atoms with Crippen LogP contribution in [-0.4, -0.2) is 64.9 Å². The Bertz CT molecular complexity index is 302. The van der Waals surface area contributed by atoms with Crippen molar-refractivity contribution in [1.29, 1.82) is 0 Å². The third kappa shape index (κ3) is 5.37. The van der Waals surface area contributed by atoms with Crippen LogP contribution in [0.25, 0.3) is 0 Å². The number of carbonyl (C=O) groups is 1. The lowest BCUT2D eigenvalue weighted by Gasteiger charge is -2.40. The maximum absolute atomic E-state index is 12.0. The van der Waals surface area contributed by atoms with Crippen molar-refractivity contribution in [1.82, 2.24) is 9.80 Å². The van der Waals surface area contributed by atoms with Crippen molar-refractivity contribution < 1.29 is 14.6 Å².